The maximum atomic E-state index is 8.49. The van der Waals surface area contributed by atoms with Crippen molar-refractivity contribution in [3.8, 4) is 11.3 Å². The van der Waals surface area contributed by atoms with E-state index in [0.717, 1.165) is 11.3 Å². The molecule has 3 aromatic carbocycles. The minimum absolute atomic E-state index is 0.657. The van der Waals surface area contributed by atoms with Gasteiger partial charge >= 0.3 is 0 Å². The molecule has 0 unspecified atom stereocenters. The van der Waals surface area contributed by atoms with Crippen LogP contribution in [-0.2, 0) is 0 Å². The van der Waals surface area contributed by atoms with Crippen molar-refractivity contribution in [1.29, 1.82) is 0 Å². The number of aromatic nitrogens is 1. The zero-order valence-corrected chi connectivity index (χ0v) is 18.7. The van der Waals surface area contributed by atoms with Gasteiger partial charge in [-0.15, -0.1) is 22.7 Å². The van der Waals surface area contributed by atoms with E-state index in [4.69, 9.17) is 6.35 Å². The van der Waals surface area contributed by atoms with E-state index in [1.807, 2.05) is 48.8 Å². The van der Waals surface area contributed by atoms with Gasteiger partial charge in [-0.2, -0.15) is 0 Å². The van der Waals surface area contributed by atoms with Crippen LogP contribution in [-0.4, -0.2) is 4.98 Å². The fourth-order valence-corrected chi connectivity index (χ4v) is 6.83. The van der Waals surface area contributed by atoms with Gasteiger partial charge in [0.25, 0.3) is 0 Å². The van der Waals surface area contributed by atoms with Crippen LogP contribution in [0, 0.1) is 6.92 Å². The number of rotatable bonds is 2. The Bertz CT molecular complexity index is 1630. The van der Waals surface area contributed by atoms with Crippen LogP contribution in [0.15, 0.2) is 66.9 Å². The predicted molar refractivity (Wildman–Crippen MR) is 134 cm³/mol. The van der Waals surface area contributed by atoms with Gasteiger partial charge in [-0.25, -0.2) is 0 Å². The lowest BCUT2D eigenvalue weighted by Crippen LogP contribution is -1.91. The highest BCUT2D eigenvalue weighted by Gasteiger charge is 2.19. The standard InChI is InChI=1S/C27H21NS2/c1-15(2)17-10-11-28-21(13-17)20-14-24-25(18-6-4-5-7-22(18)29-24)26-19-9-8-16(3)12-23(19)30-27(20)26/h4-15H,1-3H3/i15D. The molecule has 3 heterocycles. The first-order valence-corrected chi connectivity index (χ1v) is 11.8. The molecular formula is C27H21NS2. The Kier molecular flexibility index (Phi) is 3.75. The summed E-state index contributed by atoms with van der Waals surface area (Å²) in [5.41, 5.74) is 4.38. The first kappa shape index (κ1) is 17.0. The zero-order chi connectivity index (χ0) is 21.3. The Hall–Kier alpha value is -2.75. The molecule has 146 valence electrons. The third-order valence-corrected chi connectivity index (χ3v) is 8.16. The monoisotopic (exact) mass is 424 g/mol. The van der Waals surface area contributed by atoms with Crippen LogP contribution in [0.3, 0.4) is 0 Å². The second-order valence-electron chi connectivity index (χ2n) is 8.13. The van der Waals surface area contributed by atoms with Crippen molar-refractivity contribution in [2.45, 2.75) is 26.7 Å². The van der Waals surface area contributed by atoms with Crippen LogP contribution < -0.4 is 0 Å². The second-order valence-corrected chi connectivity index (χ2v) is 10.3. The summed E-state index contributed by atoms with van der Waals surface area (Å²) >= 11 is 3.71. The number of aryl methyl sites for hydroxylation is 1. The fourth-order valence-electron chi connectivity index (χ4n) is 4.34. The Morgan fingerprint density at radius 2 is 1.67 bits per heavy atom. The van der Waals surface area contributed by atoms with E-state index in [0.29, 0.717) is 0 Å². The highest BCUT2D eigenvalue weighted by molar-refractivity contribution is 7.28. The van der Waals surface area contributed by atoms with Gasteiger partial charge in [-0.1, -0.05) is 44.2 Å². The number of nitrogens with zero attached hydrogens (tertiary/aromatic N) is 1. The molecule has 3 aromatic heterocycles. The molecule has 1 nitrogen and oxygen atoms in total. The summed E-state index contributed by atoms with van der Waals surface area (Å²) in [5, 5.41) is 5.33. The SMILES string of the molecule is [2H]C(C)(C)c1ccnc(-c2cc3sc4ccccc4c3c3c2sc2cc(C)ccc23)c1. The molecule has 0 radical (unpaired) electrons. The largest absolute Gasteiger partial charge is 0.256 e. The van der Waals surface area contributed by atoms with Crippen LogP contribution in [0.5, 0.6) is 0 Å². The normalized spacial score (nSPS) is 13.0. The van der Waals surface area contributed by atoms with Gasteiger partial charge < -0.3 is 0 Å². The quantitative estimate of drug-likeness (QED) is 0.270. The first-order valence-electron chi connectivity index (χ1n) is 10.6. The third kappa shape index (κ3) is 2.62. The Morgan fingerprint density at radius 3 is 2.53 bits per heavy atom. The van der Waals surface area contributed by atoms with Gasteiger partial charge in [-0.3, -0.25) is 4.98 Å². The Balaban J connectivity index is 1.81. The molecule has 0 amide bonds. The van der Waals surface area contributed by atoms with E-state index in [1.165, 1.54) is 51.5 Å². The van der Waals surface area contributed by atoms with Gasteiger partial charge in [-0.05, 0) is 54.3 Å². The van der Waals surface area contributed by atoms with Crippen LogP contribution >= 0.6 is 22.7 Å². The molecule has 0 N–H and O–H groups in total. The minimum Gasteiger partial charge on any atom is -0.256 e. The van der Waals surface area contributed by atoms with Gasteiger partial charge in [0.15, 0.2) is 0 Å². The van der Waals surface area contributed by atoms with Gasteiger partial charge in [0.05, 0.1) is 5.69 Å². The number of pyridine rings is 1. The first-order chi connectivity index (χ1) is 14.9. The average Bonchev–Trinajstić information content (AvgIpc) is 3.29. The smallest absolute Gasteiger partial charge is 0.0719 e. The average molecular weight is 425 g/mol. The highest BCUT2D eigenvalue weighted by atomic mass is 32.1. The number of fused-ring (bicyclic) bond motifs is 7. The zero-order valence-electron chi connectivity index (χ0n) is 18.1. The molecule has 0 bridgehead atoms. The van der Waals surface area contributed by atoms with Crippen LogP contribution in [0.2, 0.25) is 0 Å². The van der Waals surface area contributed by atoms with Gasteiger partial charge in [0.1, 0.15) is 0 Å². The summed E-state index contributed by atoms with van der Waals surface area (Å²) in [6, 6.07) is 21.8. The van der Waals surface area contributed by atoms with Crippen molar-refractivity contribution >= 4 is 63.0 Å². The molecule has 6 rings (SSSR count). The van der Waals surface area contributed by atoms with Gasteiger partial charge in [0, 0.05) is 53.5 Å². The molecule has 30 heavy (non-hydrogen) atoms. The summed E-state index contributed by atoms with van der Waals surface area (Å²) in [6.07, 6.45) is 1.85. The molecule has 0 fully saturated rings. The third-order valence-electron chi connectivity index (χ3n) is 5.85. The summed E-state index contributed by atoms with van der Waals surface area (Å²) in [4.78, 5) is 4.75. The number of thiophene rings is 2. The molecule has 0 atom stereocenters. The Morgan fingerprint density at radius 1 is 0.833 bits per heavy atom. The molecule has 0 aliphatic heterocycles. The van der Waals surface area contributed by atoms with Crippen molar-refractivity contribution in [1.82, 2.24) is 4.98 Å². The maximum Gasteiger partial charge on any atom is 0.0719 e. The summed E-state index contributed by atoms with van der Waals surface area (Å²) in [5.74, 6) is -0.657. The minimum atomic E-state index is -0.657. The van der Waals surface area contributed by atoms with E-state index in [1.54, 1.807) is 0 Å². The van der Waals surface area contributed by atoms with Crippen molar-refractivity contribution in [2.24, 2.45) is 0 Å². The Labute approximate surface area is 185 Å². The number of hydrogen-bond donors (Lipinski definition) is 0. The molecular weight excluding hydrogens is 402 g/mol. The van der Waals surface area contributed by atoms with E-state index in [9.17, 15) is 0 Å². The summed E-state index contributed by atoms with van der Waals surface area (Å²) in [6.45, 7) is 6.01. The summed E-state index contributed by atoms with van der Waals surface area (Å²) in [7, 11) is 0. The van der Waals surface area contributed by atoms with E-state index in [-0.39, 0.29) is 0 Å². The molecule has 0 aliphatic carbocycles. The summed E-state index contributed by atoms with van der Waals surface area (Å²) < 4.78 is 13.7. The lowest BCUT2D eigenvalue weighted by Gasteiger charge is -2.09. The van der Waals surface area contributed by atoms with Crippen molar-refractivity contribution < 1.29 is 1.37 Å². The van der Waals surface area contributed by atoms with Crippen LogP contribution in [0.4, 0.5) is 0 Å². The highest BCUT2D eigenvalue weighted by Crippen LogP contribution is 2.48. The van der Waals surface area contributed by atoms with Crippen molar-refractivity contribution in [3.63, 3.8) is 0 Å². The topological polar surface area (TPSA) is 12.9 Å². The van der Waals surface area contributed by atoms with E-state index >= 15 is 0 Å². The molecule has 6 aromatic rings. The molecule has 0 saturated carbocycles. The van der Waals surface area contributed by atoms with Crippen LogP contribution in [0.1, 0.15) is 32.2 Å². The second kappa shape index (κ2) is 6.63. The van der Waals surface area contributed by atoms with E-state index in [2.05, 4.69) is 61.5 Å². The molecule has 0 spiro atoms. The predicted octanol–water partition coefficient (Wildman–Crippen LogP) is 8.92. The van der Waals surface area contributed by atoms with Crippen molar-refractivity contribution in [2.75, 3.05) is 0 Å². The lowest BCUT2D eigenvalue weighted by molar-refractivity contribution is 0.864. The fraction of sp³-hybridized carbons (Fsp3) is 0.148. The van der Waals surface area contributed by atoms with Crippen LogP contribution in [0.25, 0.3) is 51.6 Å². The molecule has 0 saturated heterocycles. The number of hydrogen-bond acceptors (Lipinski definition) is 3. The number of benzene rings is 3. The molecule has 3 heteroatoms. The maximum absolute atomic E-state index is 8.49. The van der Waals surface area contributed by atoms with Gasteiger partial charge in [0.2, 0.25) is 0 Å². The van der Waals surface area contributed by atoms with Crippen molar-refractivity contribution in [3.05, 3.63) is 78.0 Å². The molecule has 0 aliphatic rings. The van der Waals surface area contributed by atoms with E-state index < -0.39 is 5.89 Å². The lowest BCUT2D eigenvalue weighted by atomic mass is 9.98.